The van der Waals surface area contributed by atoms with Gasteiger partial charge >= 0.3 is 6.09 Å². The van der Waals surface area contributed by atoms with E-state index in [0.717, 1.165) is 5.56 Å². The molecule has 1 aliphatic rings. The van der Waals surface area contributed by atoms with Crippen molar-refractivity contribution < 1.29 is 14.6 Å². The van der Waals surface area contributed by atoms with Crippen molar-refractivity contribution in [2.75, 3.05) is 13.2 Å². The molecule has 0 saturated carbocycles. The minimum absolute atomic E-state index is 0.227. The molecule has 0 spiro atoms. The molecule has 1 aromatic rings. The maximum atomic E-state index is 10.9. The zero-order chi connectivity index (χ0) is 10.9. The Kier molecular flexibility index (Phi) is 2.26. The fourth-order valence-corrected chi connectivity index (χ4v) is 1.66. The third-order valence-electron chi connectivity index (χ3n) is 2.69. The minimum atomic E-state index is -0.382. The molecule has 2 N–H and O–H groups in total. The third kappa shape index (κ3) is 1.88. The van der Waals surface area contributed by atoms with E-state index in [1.807, 2.05) is 13.0 Å². The van der Waals surface area contributed by atoms with E-state index in [1.54, 1.807) is 18.2 Å². The van der Waals surface area contributed by atoms with Crippen LogP contribution in [0.3, 0.4) is 0 Å². The van der Waals surface area contributed by atoms with Crippen LogP contribution in [-0.2, 0) is 10.2 Å². The Labute approximate surface area is 87.9 Å². The molecule has 1 unspecified atom stereocenters. The zero-order valence-corrected chi connectivity index (χ0v) is 8.49. The van der Waals surface area contributed by atoms with Gasteiger partial charge in [0.2, 0.25) is 0 Å². The van der Waals surface area contributed by atoms with Crippen molar-refractivity contribution in [2.24, 2.45) is 0 Å². The molecular formula is C11H13NO3. The number of carbonyl (C=O) groups excluding carboxylic acids is 1. The van der Waals surface area contributed by atoms with Crippen molar-refractivity contribution in [2.45, 2.75) is 12.3 Å². The summed E-state index contributed by atoms with van der Waals surface area (Å²) in [5.74, 6) is 0.227. The van der Waals surface area contributed by atoms with Gasteiger partial charge in [0.05, 0.1) is 0 Å². The topological polar surface area (TPSA) is 58.6 Å². The average Bonchev–Trinajstić information content (AvgIpc) is 2.23. The SMILES string of the molecule is CC1(c2cccc(O)c2)CNC(=O)OC1. The molecule has 0 bridgehead atoms. The third-order valence-corrected chi connectivity index (χ3v) is 2.69. The predicted octanol–water partition coefficient (Wildman–Crippen LogP) is 1.39. The molecule has 4 nitrogen and oxygen atoms in total. The van der Waals surface area contributed by atoms with Gasteiger partial charge in [-0.1, -0.05) is 19.1 Å². The standard InChI is InChI=1S/C11H13NO3/c1-11(6-12-10(14)15-7-11)8-3-2-4-9(13)5-8/h2-5,13H,6-7H2,1H3,(H,12,14). The van der Waals surface area contributed by atoms with Gasteiger partial charge < -0.3 is 15.2 Å². The van der Waals surface area contributed by atoms with E-state index in [1.165, 1.54) is 0 Å². The summed E-state index contributed by atoms with van der Waals surface area (Å²) in [6, 6.07) is 7.02. The average molecular weight is 207 g/mol. The number of amides is 1. The Morgan fingerprint density at radius 3 is 2.93 bits per heavy atom. The van der Waals surface area contributed by atoms with E-state index in [9.17, 15) is 9.90 Å². The summed E-state index contributed by atoms with van der Waals surface area (Å²) in [5.41, 5.74) is 0.689. The molecule has 4 heteroatoms. The molecule has 15 heavy (non-hydrogen) atoms. The lowest BCUT2D eigenvalue weighted by Crippen LogP contribution is -2.48. The number of hydrogen-bond donors (Lipinski definition) is 2. The highest BCUT2D eigenvalue weighted by molar-refractivity contribution is 5.68. The number of nitrogens with one attached hydrogen (secondary N) is 1. The summed E-state index contributed by atoms with van der Waals surface area (Å²) in [6.07, 6.45) is -0.382. The maximum absolute atomic E-state index is 10.9. The molecule has 1 aliphatic heterocycles. The molecule has 0 aromatic heterocycles. The van der Waals surface area contributed by atoms with Crippen LogP contribution in [0.15, 0.2) is 24.3 Å². The zero-order valence-electron chi connectivity index (χ0n) is 8.49. The molecule has 80 valence electrons. The van der Waals surface area contributed by atoms with Crippen LogP contribution in [0.2, 0.25) is 0 Å². The van der Waals surface area contributed by atoms with E-state index in [2.05, 4.69) is 5.32 Å². The summed E-state index contributed by atoms with van der Waals surface area (Å²) in [7, 11) is 0. The molecule has 0 radical (unpaired) electrons. The molecule has 1 heterocycles. The van der Waals surface area contributed by atoms with E-state index in [-0.39, 0.29) is 17.3 Å². The van der Waals surface area contributed by atoms with Crippen LogP contribution < -0.4 is 5.32 Å². The smallest absolute Gasteiger partial charge is 0.407 e. The van der Waals surface area contributed by atoms with Crippen LogP contribution in [0.25, 0.3) is 0 Å². The maximum Gasteiger partial charge on any atom is 0.407 e. The van der Waals surface area contributed by atoms with Gasteiger partial charge in [0, 0.05) is 12.0 Å². The van der Waals surface area contributed by atoms with Crippen molar-refractivity contribution >= 4 is 6.09 Å². The molecule has 1 saturated heterocycles. The molecule has 1 fully saturated rings. The number of phenolic OH excluding ortho intramolecular Hbond substituents is 1. The van der Waals surface area contributed by atoms with Crippen LogP contribution in [0, 0.1) is 0 Å². The molecular weight excluding hydrogens is 194 g/mol. The Balaban J connectivity index is 2.25. The number of benzene rings is 1. The number of cyclic esters (lactones) is 1. The lowest BCUT2D eigenvalue weighted by atomic mass is 9.82. The van der Waals surface area contributed by atoms with E-state index in [0.29, 0.717) is 13.2 Å². The van der Waals surface area contributed by atoms with Crippen molar-refractivity contribution in [3.63, 3.8) is 0 Å². The van der Waals surface area contributed by atoms with Crippen molar-refractivity contribution in [3.8, 4) is 5.75 Å². The normalized spacial score (nSPS) is 25.5. The first-order valence-electron chi connectivity index (χ1n) is 4.80. The molecule has 1 amide bonds. The number of ether oxygens (including phenoxy) is 1. The van der Waals surface area contributed by atoms with Crippen molar-refractivity contribution in [1.29, 1.82) is 0 Å². The minimum Gasteiger partial charge on any atom is -0.508 e. The molecule has 1 aromatic carbocycles. The summed E-state index contributed by atoms with van der Waals surface area (Å²) in [5, 5.41) is 12.0. The van der Waals surface area contributed by atoms with Gasteiger partial charge in [0.1, 0.15) is 12.4 Å². The van der Waals surface area contributed by atoms with E-state index < -0.39 is 0 Å². The summed E-state index contributed by atoms with van der Waals surface area (Å²) < 4.78 is 4.96. The van der Waals surface area contributed by atoms with Gasteiger partial charge in [-0.15, -0.1) is 0 Å². The van der Waals surface area contributed by atoms with Gasteiger partial charge in [-0.2, -0.15) is 0 Å². The lowest BCUT2D eigenvalue weighted by molar-refractivity contribution is 0.0929. The summed E-state index contributed by atoms with van der Waals surface area (Å²) in [4.78, 5) is 10.9. The summed E-state index contributed by atoms with van der Waals surface area (Å²) >= 11 is 0. The van der Waals surface area contributed by atoms with Gasteiger partial charge in [0.25, 0.3) is 0 Å². The number of hydrogen-bond acceptors (Lipinski definition) is 3. The van der Waals surface area contributed by atoms with Crippen LogP contribution in [0.4, 0.5) is 4.79 Å². The lowest BCUT2D eigenvalue weighted by Gasteiger charge is -2.33. The monoisotopic (exact) mass is 207 g/mol. The molecule has 1 atom stereocenters. The molecule has 0 aliphatic carbocycles. The van der Waals surface area contributed by atoms with Crippen LogP contribution >= 0.6 is 0 Å². The van der Waals surface area contributed by atoms with Crippen molar-refractivity contribution in [3.05, 3.63) is 29.8 Å². The Morgan fingerprint density at radius 2 is 2.33 bits per heavy atom. The fourth-order valence-electron chi connectivity index (χ4n) is 1.66. The van der Waals surface area contributed by atoms with Crippen LogP contribution in [0.5, 0.6) is 5.75 Å². The van der Waals surface area contributed by atoms with Crippen molar-refractivity contribution in [1.82, 2.24) is 5.32 Å². The second kappa shape index (κ2) is 3.46. The van der Waals surface area contributed by atoms with Gasteiger partial charge in [0.15, 0.2) is 0 Å². The van der Waals surface area contributed by atoms with Gasteiger partial charge in [-0.25, -0.2) is 4.79 Å². The number of rotatable bonds is 1. The second-order valence-corrected chi connectivity index (χ2v) is 4.04. The van der Waals surface area contributed by atoms with Crippen LogP contribution in [0.1, 0.15) is 12.5 Å². The fraction of sp³-hybridized carbons (Fsp3) is 0.364. The van der Waals surface area contributed by atoms with Crippen LogP contribution in [-0.4, -0.2) is 24.4 Å². The summed E-state index contributed by atoms with van der Waals surface area (Å²) in [6.45, 7) is 2.85. The Morgan fingerprint density at radius 1 is 1.53 bits per heavy atom. The molecule has 2 rings (SSSR count). The Bertz CT molecular complexity index is 379. The highest BCUT2D eigenvalue weighted by Crippen LogP contribution is 2.28. The quantitative estimate of drug-likeness (QED) is 0.731. The number of aromatic hydroxyl groups is 1. The predicted molar refractivity (Wildman–Crippen MR) is 54.8 cm³/mol. The first-order valence-corrected chi connectivity index (χ1v) is 4.80. The Hall–Kier alpha value is -1.71. The van der Waals surface area contributed by atoms with Gasteiger partial charge in [-0.3, -0.25) is 0 Å². The largest absolute Gasteiger partial charge is 0.508 e. The highest BCUT2D eigenvalue weighted by Gasteiger charge is 2.33. The van der Waals surface area contributed by atoms with Gasteiger partial charge in [-0.05, 0) is 17.7 Å². The first kappa shape index (κ1) is 9.83. The van der Waals surface area contributed by atoms with E-state index in [4.69, 9.17) is 4.74 Å². The second-order valence-electron chi connectivity index (χ2n) is 4.04. The highest BCUT2D eigenvalue weighted by atomic mass is 16.6. The number of carbonyl (C=O) groups is 1. The van der Waals surface area contributed by atoms with E-state index >= 15 is 0 Å². The first-order chi connectivity index (χ1) is 7.10. The number of phenols is 1. The number of alkyl carbamates (subject to hydrolysis) is 1.